The highest BCUT2D eigenvalue weighted by molar-refractivity contribution is 7.98. The van der Waals surface area contributed by atoms with E-state index < -0.39 is 12.5 Å². The number of hydrogen-bond donors (Lipinski definition) is 1. The van der Waals surface area contributed by atoms with Crippen molar-refractivity contribution in [2.45, 2.75) is 51.3 Å². The molecule has 0 bridgehead atoms. The number of halogens is 3. The van der Waals surface area contributed by atoms with Crippen molar-refractivity contribution in [3.8, 4) is 5.88 Å². The Morgan fingerprint density at radius 2 is 2.00 bits per heavy atom. The third-order valence-electron chi connectivity index (χ3n) is 2.33. The van der Waals surface area contributed by atoms with E-state index in [0.29, 0.717) is 0 Å². The quantitative estimate of drug-likeness (QED) is 0.751. The summed E-state index contributed by atoms with van der Waals surface area (Å²) < 4.78 is 33.8. The average Bonchev–Trinajstić information content (AvgIpc) is 2.32. The molecule has 1 unspecified atom stereocenters. The van der Waals surface area contributed by atoms with Gasteiger partial charge in [-0.2, -0.15) is 0 Å². The second-order valence-corrected chi connectivity index (χ2v) is 8.04. The van der Waals surface area contributed by atoms with Gasteiger partial charge in [0.1, 0.15) is 5.02 Å². The lowest BCUT2D eigenvalue weighted by atomic mass is 10.2. The van der Waals surface area contributed by atoms with Gasteiger partial charge >= 0.3 is 0 Å². The van der Waals surface area contributed by atoms with E-state index >= 15 is 0 Å². The van der Waals surface area contributed by atoms with Gasteiger partial charge in [0.2, 0.25) is 5.88 Å². The van der Waals surface area contributed by atoms with Crippen molar-refractivity contribution in [3.05, 3.63) is 22.8 Å². The second kappa shape index (κ2) is 7.11. The summed E-state index contributed by atoms with van der Waals surface area (Å²) in [5, 5.41) is 0.228. The normalized spacial score (nSPS) is 14.1. The smallest absolute Gasteiger partial charge is 0.278 e. The summed E-state index contributed by atoms with van der Waals surface area (Å²) >= 11 is 7.63. The third kappa shape index (κ3) is 7.29. The van der Waals surface area contributed by atoms with Gasteiger partial charge in [-0.25, -0.2) is 13.8 Å². The Balaban J connectivity index is 2.69. The first-order valence-electron chi connectivity index (χ1n) is 6.57. The first-order valence-corrected chi connectivity index (χ1v) is 7.77. The fraction of sp³-hybridized carbons (Fsp3) is 0.643. The monoisotopic (exact) mass is 338 g/mol. The minimum atomic E-state index is -2.91. The number of nitrogens with zero attached hydrogens (tertiary/aromatic N) is 1. The summed E-state index contributed by atoms with van der Waals surface area (Å²) in [6.45, 7) is 8.32. The molecule has 1 N–H and O–H groups in total. The number of rotatable bonds is 6. The van der Waals surface area contributed by atoms with Gasteiger partial charge in [-0.3, -0.25) is 4.72 Å². The van der Waals surface area contributed by atoms with E-state index in [1.807, 2.05) is 6.92 Å². The lowest BCUT2D eigenvalue weighted by Gasteiger charge is -2.22. The lowest BCUT2D eigenvalue weighted by Crippen LogP contribution is -2.22. The molecule has 0 saturated heterocycles. The molecule has 1 aromatic rings. The summed E-state index contributed by atoms with van der Waals surface area (Å²) in [5.74, 6) is -2.89. The van der Waals surface area contributed by atoms with Crippen molar-refractivity contribution in [3.63, 3.8) is 0 Å². The van der Waals surface area contributed by atoms with Crippen molar-refractivity contribution in [1.29, 1.82) is 0 Å². The molecule has 21 heavy (non-hydrogen) atoms. The molecule has 7 heteroatoms. The summed E-state index contributed by atoms with van der Waals surface area (Å²) in [4.78, 5) is 4.01. The molecule has 1 rings (SSSR count). The van der Waals surface area contributed by atoms with Crippen LogP contribution < -0.4 is 9.46 Å². The fourth-order valence-electron chi connectivity index (χ4n) is 1.31. The maximum Gasteiger partial charge on any atom is 0.278 e. The zero-order valence-corrected chi connectivity index (χ0v) is 14.4. The van der Waals surface area contributed by atoms with E-state index in [0.717, 1.165) is 12.5 Å². The molecular formula is C14H21ClF2N2OS. The van der Waals surface area contributed by atoms with Crippen molar-refractivity contribution in [2.24, 2.45) is 0 Å². The molecule has 0 fully saturated rings. The van der Waals surface area contributed by atoms with Crippen LogP contribution in [-0.4, -0.2) is 22.3 Å². The zero-order chi connectivity index (χ0) is 16.3. The Hall–Kier alpha value is -0.590. The molecule has 0 aliphatic heterocycles. The molecule has 0 aliphatic rings. The topological polar surface area (TPSA) is 34.2 Å². The summed E-state index contributed by atoms with van der Waals surface area (Å²) in [6.07, 6.45) is 1.58. The molecule has 1 heterocycles. The van der Waals surface area contributed by atoms with Gasteiger partial charge in [0, 0.05) is 23.9 Å². The van der Waals surface area contributed by atoms with E-state index in [2.05, 4.69) is 30.5 Å². The van der Waals surface area contributed by atoms with Crippen LogP contribution in [0.25, 0.3) is 0 Å². The SMILES string of the molecule is CC(NSC(C)(C)C)c1cnc(OCC(C)(F)F)c(Cl)c1. The molecular weight excluding hydrogens is 318 g/mol. The van der Waals surface area contributed by atoms with Crippen LogP contribution in [0, 0.1) is 0 Å². The van der Waals surface area contributed by atoms with E-state index in [-0.39, 0.29) is 21.7 Å². The Labute approximate surface area is 133 Å². The maximum atomic E-state index is 12.8. The van der Waals surface area contributed by atoms with Gasteiger partial charge in [0.05, 0.1) is 0 Å². The highest BCUT2D eigenvalue weighted by Gasteiger charge is 2.23. The van der Waals surface area contributed by atoms with Crippen LogP contribution in [0.5, 0.6) is 5.88 Å². The number of nitrogens with one attached hydrogen (secondary N) is 1. The van der Waals surface area contributed by atoms with Crippen LogP contribution in [0.1, 0.15) is 46.2 Å². The van der Waals surface area contributed by atoms with Crippen LogP contribution in [0.15, 0.2) is 12.3 Å². The second-order valence-electron chi connectivity index (χ2n) is 5.97. The van der Waals surface area contributed by atoms with Gasteiger partial charge < -0.3 is 4.74 Å². The Bertz CT molecular complexity index is 475. The van der Waals surface area contributed by atoms with Crippen LogP contribution in [0.2, 0.25) is 5.02 Å². The lowest BCUT2D eigenvalue weighted by molar-refractivity contribution is -0.0242. The number of hydrogen-bond acceptors (Lipinski definition) is 4. The Morgan fingerprint density at radius 3 is 2.48 bits per heavy atom. The Morgan fingerprint density at radius 1 is 1.38 bits per heavy atom. The van der Waals surface area contributed by atoms with E-state index in [1.165, 1.54) is 0 Å². The van der Waals surface area contributed by atoms with Crippen molar-refractivity contribution in [2.75, 3.05) is 6.61 Å². The first kappa shape index (κ1) is 18.5. The predicted octanol–water partition coefficient (Wildman–Crippen LogP) is 4.87. The van der Waals surface area contributed by atoms with Crippen molar-refractivity contribution >= 4 is 23.5 Å². The van der Waals surface area contributed by atoms with Gasteiger partial charge in [0.25, 0.3) is 5.92 Å². The number of aromatic nitrogens is 1. The van der Waals surface area contributed by atoms with Crippen molar-refractivity contribution < 1.29 is 13.5 Å². The van der Waals surface area contributed by atoms with Crippen LogP contribution in [0.3, 0.4) is 0 Å². The molecule has 0 spiro atoms. The highest BCUT2D eigenvalue weighted by atomic mass is 35.5. The van der Waals surface area contributed by atoms with Gasteiger partial charge in [-0.05, 0) is 39.3 Å². The molecule has 1 aromatic heterocycles. The predicted molar refractivity (Wildman–Crippen MR) is 84.3 cm³/mol. The summed E-state index contributed by atoms with van der Waals surface area (Å²) in [7, 11) is 0. The van der Waals surface area contributed by atoms with Gasteiger partial charge in [-0.1, -0.05) is 23.5 Å². The van der Waals surface area contributed by atoms with Gasteiger partial charge in [-0.15, -0.1) is 0 Å². The van der Waals surface area contributed by atoms with E-state index in [9.17, 15) is 8.78 Å². The van der Waals surface area contributed by atoms with Crippen LogP contribution in [-0.2, 0) is 0 Å². The highest BCUT2D eigenvalue weighted by Crippen LogP contribution is 2.29. The standard InChI is InChI=1S/C14H21ClF2N2OS/c1-9(19-21-13(2,3)4)10-6-11(15)12(18-7-10)20-8-14(5,16)17/h6-7,9,19H,8H2,1-5H3. The molecule has 120 valence electrons. The minimum absolute atomic E-state index is 0.0256. The zero-order valence-electron chi connectivity index (χ0n) is 12.8. The van der Waals surface area contributed by atoms with E-state index in [4.69, 9.17) is 16.3 Å². The number of ether oxygens (including phenoxy) is 1. The summed E-state index contributed by atoms with van der Waals surface area (Å²) in [6, 6.07) is 1.71. The molecule has 0 amide bonds. The molecule has 1 atom stereocenters. The molecule has 0 saturated carbocycles. The maximum absolute atomic E-state index is 12.8. The average molecular weight is 339 g/mol. The summed E-state index contributed by atoms with van der Waals surface area (Å²) in [5.41, 5.74) is 0.868. The van der Waals surface area contributed by atoms with Crippen LogP contribution in [0.4, 0.5) is 8.78 Å². The fourth-order valence-corrected chi connectivity index (χ4v) is 2.21. The first-order chi connectivity index (χ1) is 9.48. The third-order valence-corrected chi connectivity index (χ3v) is 3.69. The minimum Gasteiger partial charge on any atom is -0.470 e. The Kier molecular flexibility index (Phi) is 6.25. The molecule has 0 radical (unpaired) electrons. The molecule has 0 aromatic carbocycles. The van der Waals surface area contributed by atoms with Crippen molar-refractivity contribution in [1.82, 2.24) is 9.71 Å². The molecule has 0 aliphatic carbocycles. The van der Waals surface area contributed by atoms with E-state index in [1.54, 1.807) is 24.2 Å². The number of pyridine rings is 1. The number of alkyl halides is 2. The molecule has 3 nitrogen and oxygen atoms in total. The van der Waals surface area contributed by atoms with Gasteiger partial charge in [0.15, 0.2) is 6.61 Å². The van der Waals surface area contributed by atoms with Crippen LogP contribution >= 0.6 is 23.5 Å². The largest absolute Gasteiger partial charge is 0.470 e.